The van der Waals surface area contributed by atoms with Crippen LogP contribution < -0.4 is 10.1 Å². The summed E-state index contributed by atoms with van der Waals surface area (Å²) >= 11 is 0. The van der Waals surface area contributed by atoms with Crippen LogP contribution in [0, 0.1) is 11.3 Å². The molecular formula is C14H19N3O3. The molecule has 0 heterocycles. The van der Waals surface area contributed by atoms with Crippen LogP contribution in [0.25, 0.3) is 0 Å². The maximum atomic E-state index is 11.2. The SMILES string of the molecule is CNC(=O)CN(C)CC(O)COc1cccc(C#N)c1. The Bertz CT molecular complexity index is 485. The van der Waals surface area contributed by atoms with Gasteiger partial charge in [0.2, 0.25) is 5.91 Å². The second-order valence-electron chi connectivity index (χ2n) is 4.47. The highest BCUT2D eigenvalue weighted by Crippen LogP contribution is 2.12. The van der Waals surface area contributed by atoms with Crippen molar-refractivity contribution < 1.29 is 14.6 Å². The predicted molar refractivity (Wildman–Crippen MR) is 74.2 cm³/mol. The number of benzene rings is 1. The number of nitrogens with zero attached hydrogens (tertiary/aromatic N) is 2. The molecule has 0 saturated heterocycles. The van der Waals surface area contributed by atoms with E-state index in [1.54, 1.807) is 43.3 Å². The fourth-order valence-corrected chi connectivity index (χ4v) is 1.65. The number of likely N-dealkylation sites (N-methyl/N-ethyl adjacent to an activating group) is 2. The van der Waals surface area contributed by atoms with Gasteiger partial charge in [-0.3, -0.25) is 9.69 Å². The minimum atomic E-state index is -0.713. The zero-order chi connectivity index (χ0) is 15.0. The maximum Gasteiger partial charge on any atom is 0.233 e. The zero-order valence-electron chi connectivity index (χ0n) is 11.7. The predicted octanol–water partition coefficient (Wildman–Crippen LogP) is -0.0242. The molecule has 1 atom stereocenters. The summed E-state index contributed by atoms with van der Waals surface area (Å²) in [6.45, 7) is 0.649. The smallest absolute Gasteiger partial charge is 0.233 e. The number of carbonyl (C=O) groups is 1. The Balaban J connectivity index is 2.37. The molecule has 1 rings (SSSR count). The molecule has 0 radical (unpaired) electrons. The molecule has 108 valence electrons. The summed E-state index contributed by atoms with van der Waals surface area (Å²) in [6, 6.07) is 8.76. The number of aliphatic hydroxyl groups excluding tert-OH is 1. The van der Waals surface area contributed by atoms with Crippen molar-refractivity contribution in [2.24, 2.45) is 0 Å². The van der Waals surface area contributed by atoms with E-state index in [0.29, 0.717) is 17.9 Å². The average Bonchev–Trinajstić information content (AvgIpc) is 2.45. The summed E-state index contributed by atoms with van der Waals surface area (Å²) in [7, 11) is 3.31. The fraction of sp³-hybridized carbons (Fsp3) is 0.429. The van der Waals surface area contributed by atoms with E-state index in [0.717, 1.165) is 0 Å². The number of nitriles is 1. The summed E-state index contributed by atoms with van der Waals surface area (Å²) in [5.41, 5.74) is 0.508. The van der Waals surface area contributed by atoms with Gasteiger partial charge in [0, 0.05) is 13.6 Å². The number of ether oxygens (including phenoxy) is 1. The third-order valence-corrected chi connectivity index (χ3v) is 2.62. The van der Waals surface area contributed by atoms with Crippen molar-refractivity contribution in [2.45, 2.75) is 6.10 Å². The van der Waals surface area contributed by atoms with Gasteiger partial charge in [0.1, 0.15) is 18.5 Å². The normalized spacial score (nSPS) is 11.8. The minimum Gasteiger partial charge on any atom is -0.491 e. The van der Waals surface area contributed by atoms with Gasteiger partial charge in [0.15, 0.2) is 0 Å². The van der Waals surface area contributed by atoms with E-state index in [1.807, 2.05) is 6.07 Å². The molecule has 0 saturated carbocycles. The van der Waals surface area contributed by atoms with Gasteiger partial charge in [-0.2, -0.15) is 5.26 Å². The van der Waals surface area contributed by atoms with Gasteiger partial charge in [-0.1, -0.05) is 6.07 Å². The van der Waals surface area contributed by atoms with Crippen LogP contribution in [0.2, 0.25) is 0 Å². The lowest BCUT2D eigenvalue weighted by Crippen LogP contribution is -2.39. The van der Waals surface area contributed by atoms with Crippen molar-refractivity contribution in [2.75, 3.05) is 33.8 Å². The van der Waals surface area contributed by atoms with E-state index in [1.165, 1.54) is 0 Å². The van der Waals surface area contributed by atoms with E-state index in [9.17, 15) is 9.90 Å². The third kappa shape index (κ3) is 5.69. The molecule has 0 bridgehead atoms. The Hall–Kier alpha value is -2.10. The molecule has 6 nitrogen and oxygen atoms in total. The molecule has 1 amide bonds. The van der Waals surface area contributed by atoms with E-state index in [4.69, 9.17) is 10.00 Å². The number of carbonyl (C=O) groups excluding carboxylic acids is 1. The highest BCUT2D eigenvalue weighted by molar-refractivity contribution is 5.77. The van der Waals surface area contributed by atoms with Crippen molar-refractivity contribution in [1.82, 2.24) is 10.2 Å². The lowest BCUT2D eigenvalue weighted by Gasteiger charge is -2.20. The molecule has 6 heteroatoms. The van der Waals surface area contributed by atoms with Gasteiger partial charge >= 0.3 is 0 Å². The zero-order valence-corrected chi connectivity index (χ0v) is 11.7. The molecule has 2 N–H and O–H groups in total. The Labute approximate surface area is 118 Å². The Kier molecular flexibility index (Phi) is 6.50. The van der Waals surface area contributed by atoms with Crippen molar-refractivity contribution >= 4 is 5.91 Å². The Morgan fingerprint density at radius 3 is 3.00 bits per heavy atom. The lowest BCUT2D eigenvalue weighted by atomic mass is 10.2. The van der Waals surface area contributed by atoms with Gasteiger partial charge < -0.3 is 15.2 Å². The summed E-state index contributed by atoms with van der Waals surface area (Å²) in [5, 5.41) is 21.1. The van der Waals surface area contributed by atoms with Crippen LogP contribution in [-0.2, 0) is 4.79 Å². The lowest BCUT2D eigenvalue weighted by molar-refractivity contribution is -0.121. The second-order valence-corrected chi connectivity index (χ2v) is 4.47. The molecule has 0 aromatic heterocycles. The van der Waals surface area contributed by atoms with Crippen LogP contribution in [0.15, 0.2) is 24.3 Å². The maximum absolute atomic E-state index is 11.2. The Morgan fingerprint density at radius 1 is 1.60 bits per heavy atom. The molecule has 1 aromatic carbocycles. The van der Waals surface area contributed by atoms with E-state index in [2.05, 4.69) is 5.32 Å². The molecule has 0 aliphatic heterocycles. The van der Waals surface area contributed by atoms with Gasteiger partial charge in [-0.25, -0.2) is 0 Å². The number of amides is 1. The second kappa shape index (κ2) is 8.15. The van der Waals surface area contributed by atoms with Gasteiger partial charge in [0.25, 0.3) is 0 Å². The van der Waals surface area contributed by atoms with Crippen LogP contribution in [0.1, 0.15) is 5.56 Å². The van der Waals surface area contributed by atoms with Crippen LogP contribution in [0.3, 0.4) is 0 Å². The van der Waals surface area contributed by atoms with Crippen LogP contribution in [-0.4, -0.2) is 55.8 Å². The van der Waals surface area contributed by atoms with Gasteiger partial charge in [0.05, 0.1) is 18.2 Å². The highest BCUT2D eigenvalue weighted by atomic mass is 16.5. The first-order chi connectivity index (χ1) is 9.55. The molecule has 1 aromatic rings. The average molecular weight is 277 g/mol. The molecule has 0 spiro atoms. The number of hydrogen-bond acceptors (Lipinski definition) is 5. The van der Waals surface area contributed by atoms with E-state index < -0.39 is 6.10 Å². The van der Waals surface area contributed by atoms with Crippen molar-refractivity contribution in [3.05, 3.63) is 29.8 Å². The van der Waals surface area contributed by atoms with Crippen molar-refractivity contribution in [3.8, 4) is 11.8 Å². The van der Waals surface area contributed by atoms with Crippen molar-refractivity contribution in [1.29, 1.82) is 5.26 Å². The van der Waals surface area contributed by atoms with E-state index in [-0.39, 0.29) is 19.1 Å². The summed E-state index contributed by atoms with van der Waals surface area (Å²) in [4.78, 5) is 12.9. The van der Waals surface area contributed by atoms with Gasteiger partial charge in [-0.05, 0) is 25.2 Å². The number of nitrogens with one attached hydrogen (secondary N) is 1. The molecule has 0 fully saturated rings. The number of hydrogen-bond donors (Lipinski definition) is 2. The topological polar surface area (TPSA) is 85.6 Å². The van der Waals surface area contributed by atoms with Gasteiger partial charge in [-0.15, -0.1) is 0 Å². The third-order valence-electron chi connectivity index (χ3n) is 2.62. The summed E-state index contributed by atoms with van der Waals surface area (Å²) in [5.74, 6) is 0.430. The Morgan fingerprint density at radius 2 is 2.35 bits per heavy atom. The number of rotatable bonds is 7. The quantitative estimate of drug-likeness (QED) is 0.731. The molecule has 0 aliphatic rings. The first-order valence-corrected chi connectivity index (χ1v) is 6.25. The first-order valence-electron chi connectivity index (χ1n) is 6.25. The molecular weight excluding hydrogens is 258 g/mol. The van der Waals surface area contributed by atoms with Crippen LogP contribution >= 0.6 is 0 Å². The monoisotopic (exact) mass is 277 g/mol. The largest absolute Gasteiger partial charge is 0.491 e. The first kappa shape index (κ1) is 16.0. The van der Waals surface area contributed by atoms with Crippen molar-refractivity contribution in [3.63, 3.8) is 0 Å². The standard InChI is InChI=1S/C14H19N3O3/c1-16-14(19)9-17(2)8-12(18)10-20-13-5-3-4-11(6-13)7-15/h3-6,12,18H,8-10H2,1-2H3,(H,16,19). The van der Waals surface area contributed by atoms with Crippen LogP contribution in [0.5, 0.6) is 5.75 Å². The summed E-state index contributed by atoms with van der Waals surface area (Å²) < 4.78 is 5.41. The molecule has 0 aliphatic carbocycles. The summed E-state index contributed by atoms with van der Waals surface area (Å²) in [6.07, 6.45) is -0.713. The number of aliphatic hydroxyl groups is 1. The van der Waals surface area contributed by atoms with E-state index >= 15 is 0 Å². The molecule has 20 heavy (non-hydrogen) atoms. The molecule has 1 unspecified atom stereocenters. The fourth-order valence-electron chi connectivity index (χ4n) is 1.65. The minimum absolute atomic E-state index is 0.104. The highest BCUT2D eigenvalue weighted by Gasteiger charge is 2.11. The van der Waals surface area contributed by atoms with Crippen LogP contribution in [0.4, 0.5) is 0 Å².